The number of ether oxygens (including phenoxy) is 1. The highest BCUT2D eigenvalue weighted by Gasteiger charge is 2.43. The molecule has 5 N–H and O–H groups in total. The maximum Gasteiger partial charge on any atom is 0.411 e. The quantitative estimate of drug-likeness (QED) is 0.163. The molecular formula is C24H43ClF4N6O3S. The van der Waals surface area contributed by atoms with E-state index in [1.54, 1.807) is 4.31 Å². The number of hydrogen-bond donors (Lipinski definition) is 5. The van der Waals surface area contributed by atoms with E-state index in [9.17, 15) is 26.3 Å². The van der Waals surface area contributed by atoms with Crippen LogP contribution < -0.4 is 26.6 Å². The highest BCUT2D eigenvalue weighted by atomic mass is 35.5. The number of halogens is 5. The second-order valence-corrected chi connectivity index (χ2v) is 14.4. The van der Waals surface area contributed by atoms with Crippen LogP contribution in [0, 0.1) is 11.8 Å². The molecule has 10 atom stereocenters. The van der Waals surface area contributed by atoms with Crippen molar-refractivity contribution in [3.05, 3.63) is 0 Å². The van der Waals surface area contributed by atoms with Crippen LogP contribution in [0.1, 0.15) is 65.2 Å². The molecule has 10 unspecified atom stereocenters. The second-order valence-electron chi connectivity index (χ2n) is 11.7. The molecule has 4 fully saturated rings. The van der Waals surface area contributed by atoms with E-state index >= 15 is 0 Å². The molecule has 0 aromatic heterocycles. The summed E-state index contributed by atoms with van der Waals surface area (Å²) in [6.07, 6.45) is -3.19. The molecule has 2 saturated carbocycles. The minimum atomic E-state index is -4.49. The number of nitrogens with zero attached hydrogens (tertiary/aromatic N) is 1. The zero-order valence-electron chi connectivity index (χ0n) is 22.5. The molecule has 2 aliphatic carbocycles. The van der Waals surface area contributed by atoms with Gasteiger partial charge in [-0.25, -0.2) is 4.39 Å². The van der Waals surface area contributed by atoms with Crippen LogP contribution in [0.25, 0.3) is 0 Å². The molecule has 2 aliphatic heterocycles. The molecule has 9 nitrogen and oxygen atoms in total. The lowest BCUT2D eigenvalue weighted by Crippen LogP contribution is -2.76. The maximum absolute atomic E-state index is 13.8. The minimum Gasteiger partial charge on any atom is -0.597 e. The Morgan fingerprint density at radius 2 is 1.59 bits per heavy atom. The standard InChI is InChI=1S/C24H43ClF4N6O3S/c1-14-3-5-18(11-15(14)2)39(36,37)35-9-7-16(8-10-35)30-21-32-22(31-17-4-6-20(26)19(25)12-17)34-23(33-21)38-13-24(27,28)29/h14-23,30-34H,3-13H2,1-2H3. The summed E-state index contributed by atoms with van der Waals surface area (Å²) in [5.41, 5.74) is 0. The van der Waals surface area contributed by atoms with Gasteiger partial charge in [-0.1, -0.05) is 18.1 Å². The van der Waals surface area contributed by atoms with Gasteiger partial charge in [-0.05, 0) is 63.2 Å². The van der Waals surface area contributed by atoms with Crippen molar-refractivity contribution in [3.8, 4) is 0 Å². The van der Waals surface area contributed by atoms with Crippen molar-refractivity contribution in [2.45, 2.75) is 119 Å². The Labute approximate surface area is 234 Å². The Hall–Kier alpha value is -0.160. The van der Waals surface area contributed by atoms with E-state index in [2.05, 4.69) is 40.4 Å². The Balaban J connectivity index is 1.30. The summed E-state index contributed by atoms with van der Waals surface area (Å²) in [7, 11) is -3.37. The van der Waals surface area contributed by atoms with Crippen LogP contribution in [0.4, 0.5) is 17.6 Å². The number of alkyl halides is 5. The minimum absolute atomic E-state index is 0.0528. The van der Waals surface area contributed by atoms with Gasteiger partial charge in [0.1, 0.15) is 41.0 Å². The maximum atomic E-state index is 13.8. The van der Waals surface area contributed by atoms with Crippen LogP contribution in [-0.2, 0) is 19.3 Å². The van der Waals surface area contributed by atoms with Gasteiger partial charge in [-0.3, -0.25) is 26.6 Å². The Morgan fingerprint density at radius 1 is 0.949 bits per heavy atom. The molecular weight excluding hydrogens is 564 g/mol. The Bertz CT molecular complexity index is 842. The number of piperidine rings is 1. The van der Waals surface area contributed by atoms with Crippen molar-refractivity contribution in [1.82, 2.24) is 30.9 Å². The van der Waals surface area contributed by atoms with Crippen molar-refractivity contribution in [3.63, 3.8) is 0 Å². The first-order chi connectivity index (χ1) is 18.3. The topological polar surface area (TPSA) is 113 Å². The van der Waals surface area contributed by atoms with Gasteiger partial charge in [0.2, 0.25) is 0 Å². The second kappa shape index (κ2) is 13.4. The number of rotatable bonds is 8. The van der Waals surface area contributed by atoms with E-state index in [1.807, 2.05) is 0 Å². The molecule has 0 aromatic carbocycles. The highest BCUT2D eigenvalue weighted by molar-refractivity contribution is 7.96. The Morgan fingerprint density at radius 3 is 2.18 bits per heavy atom. The fourth-order valence-electron chi connectivity index (χ4n) is 6.04. The van der Waals surface area contributed by atoms with Crippen LogP contribution in [0.5, 0.6) is 0 Å². The van der Waals surface area contributed by atoms with Crippen LogP contribution in [0.15, 0.2) is 0 Å². The summed E-state index contributed by atoms with van der Waals surface area (Å²) < 4.78 is 85.4. The number of nitrogens with one attached hydrogen (secondary N) is 5. The van der Waals surface area contributed by atoms with Crippen LogP contribution in [0.3, 0.4) is 0 Å². The van der Waals surface area contributed by atoms with Crippen molar-refractivity contribution in [1.29, 1.82) is 0 Å². The van der Waals surface area contributed by atoms with Gasteiger partial charge in [0.25, 0.3) is 0 Å². The van der Waals surface area contributed by atoms with Crippen LogP contribution in [0.2, 0.25) is 0 Å². The first-order valence-electron chi connectivity index (χ1n) is 14.1. The first kappa shape index (κ1) is 31.8. The van der Waals surface area contributed by atoms with E-state index in [1.165, 1.54) is 0 Å². The van der Waals surface area contributed by atoms with Gasteiger partial charge in [0, 0.05) is 25.2 Å². The summed E-state index contributed by atoms with van der Waals surface area (Å²) in [6.45, 7) is 3.66. The number of hydrogen-bond acceptors (Lipinski definition) is 8. The molecule has 0 radical (unpaired) electrons. The molecule has 0 spiro atoms. The third kappa shape index (κ3) is 8.91. The van der Waals surface area contributed by atoms with E-state index in [0.29, 0.717) is 69.9 Å². The van der Waals surface area contributed by atoms with Gasteiger partial charge in [0.15, 0.2) is 6.35 Å². The van der Waals surface area contributed by atoms with Gasteiger partial charge in [-0.2, -0.15) is 13.2 Å². The van der Waals surface area contributed by atoms with Crippen molar-refractivity contribution >= 4 is 22.0 Å². The molecule has 228 valence electrons. The van der Waals surface area contributed by atoms with Gasteiger partial charge in [0.05, 0.1) is 5.38 Å². The van der Waals surface area contributed by atoms with Gasteiger partial charge >= 0.3 is 6.18 Å². The SMILES string of the molecule is CC1CCC([S+](=O)([O-])N2CCC(NC3NC(NC4CCC(F)C(Cl)C4)NC(OCC(F)(F)F)N3)CC2)CC1C. The smallest absolute Gasteiger partial charge is 0.411 e. The predicted molar refractivity (Wildman–Crippen MR) is 141 cm³/mol. The van der Waals surface area contributed by atoms with E-state index in [-0.39, 0.29) is 17.3 Å². The van der Waals surface area contributed by atoms with E-state index < -0.39 is 53.7 Å². The lowest BCUT2D eigenvalue weighted by molar-refractivity contribution is -0.199. The lowest BCUT2D eigenvalue weighted by Gasteiger charge is -2.44. The van der Waals surface area contributed by atoms with Crippen molar-refractivity contribution < 1.29 is 31.1 Å². The largest absolute Gasteiger partial charge is 0.597 e. The van der Waals surface area contributed by atoms with Gasteiger partial charge in [-0.15, -0.1) is 15.9 Å². The third-order valence-corrected chi connectivity index (χ3v) is 11.5. The summed E-state index contributed by atoms with van der Waals surface area (Å²) in [4.78, 5) is 0. The molecule has 0 aromatic rings. The zero-order valence-corrected chi connectivity index (χ0v) is 24.1. The van der Waals surface area contributed by atoms with Gasteiger partial charge < -0.3 is 9.29 Å². The normalized spacial score (nSPS) is 41.3. The molecule has 4 rings (SSSR count). The fourth-order valence-corrected chi connectivity index (χ4v) is 8.50. The molecule has 15 heteroatoms. The monoisotopic (exact) mass is 606 g/mol. The number of sulfonamides is 1. The molecule has 0 amide bonds. The van der Waals surface area contributed by atoms with Crippen molar-refractivity contribution in [2.75, 3.05) is 19.7 Å². The predicted octanol–water partition coefficient (Wildman–Crippen LogP) is 2.71. The molecule has 2 heterocycles. The molecule has 39 heavy (non-hydrogen) atoms. The van der Waals surface area contributed by atoms with Crippen LogP contribution >= 0.6 is 11.6 Å². The summed E-state index contributed by atoms with van der Waals surface area (Å²) in [6, 6.07) is -0.173. The van der Waals surface area contributed by atoms with Crippen LogP contribution in [-0.4, -0.2) is 82.5 Å². The highest BCUT2D eigenvalue weighted by Crippen LogP contribution is 2.37. The van der Waals surface area contributed by atoms with E-state index in [4.69, 9.17) is 16.3 Å². The molecule has 2 saturated heterocycles. The molecule has 0 bridgehead atoms. The average molecular weight is 607 g/mol. The third-order valence-electron chi connectivity index (χ3n) is 8.67. The summed E-state index contributed by atoms with van der Waals surface area (Å²) in [5, 5.41) is 14.8. The lowest BCUT2D eigenvalue weighted by atomic mass is 9.81. The average Bonchev–Trinajstić information content (AvgIpc) is 2.86. The summed E-state index contributed by atoms with van der Waals surface area (Å²) in [5.74, 6) is 0.917. The molecule has 4 aliphatic rings. The van der Waals surface area contributed by atoms with E-state index in [0.717, 1.165) is 6.42 Å². The zero-order chi connectivity index (χ0) is 28.4. The van der Waals surface area contributed by atoms with Crippen molar-refractivity contribution in [2.24, 2.45) is 11.8 Å². The summed E-state index contributed by atoms with van der Waals surface area (Å²) >= 11 is 6.10. The first-order valence-corrected chi connectivity index (χ1v) is 16.0. The fraction of sp³-hybridized carbons (Fsp3) is 1.00. The Kier molecular flexibility index (Phi) is 10.9.